The van der Waals surface area contributed by atoms with Crippen molar-refractivity contribution >= 4 is 28.6 Å². The van der Waals surface area contributed by atoms with Crippen molar-refractivity contribution in [2.75, 3.05) is 13.1 Å². The number of aromatic hydroxyl groups is 2. The first-order chi connectivity index (χ1) is 9.68. The fourth-order valence-corrected chi connectivity index (χ4v) is 3.10. The average molecular weight is 371 g/mol. The largest absolute Gasteiger partial charge is 0.504 e. The third kappa shape index (κ3) is 3.03. The number of nitrogens with one attached hydrogen (secondary N) is 1. The standard InChI is InChI=1S/C16H16ClNO2.BrH/c17-15-11-6-7-18-9-13(10-4-2-1-3-5-10)12(11)8-14(19)16(15)20;/h1-5,8,13,18-20H,6-7,9H2;1H. The number of fused-ring (bicyclic) bond motifs is 1. The van der Waals surface area contributed by atoms with E-state index in [1.54, 1.807) is 6.07 Å². The van der Waals surface area contributed by atoms with Gasteiger partial charge in [0.1, 0.15) is 0 Å². The molecule has 1 aliphatic rings. The highest BCUT2D eigenvalue weighted by Crippen LogP contribution is 2.42. The molecule has 1 atom stereocenters. The number of rotatable bonds is 1. The van der Waals surface area contributed by atoms with E-state index in [-0.39, 0.29) is 39.4 Å². The highest BCUT2D eigenvalue weighted by molar-refractivity contribution is 8.93. The zero-order chi connectivity index (χ0) is 14.1. The van der Waals surface area contributed by atoms with Crippen molar-refractivity contribution in [1.29, 1.82) is 0 Å². The number of halogens is 2. The SMILES string of the molecule is Br.Oc1cc2c(c(Cl)c1O)CCNCC2c1ccccc1. The lowest BCUT2D eigenvalue weighted by Crippen LogP contribution is -2.20. The summed E-state index contributed by atoms with van der Waals surface area (Å²) >= 11 is 6.20. The van der Waals surface area contributed by atoms with Gasteiger partial charge in [0.25, 0.3) is 0 Å². The van der Waals surface area contributed by atoms with E-state index in [4.69, 9.17) is 11.6 Å². The molecule has 0 fully saturated rings. The number of benzene rings is 2. The molecule has 3 N–H and O–H groups in total. The Balaban J connectivity index is 0.00000161. The van der Waals surface area contributed by atoms with Gasteiger partial charge in [-0.3, -0.25) is 0 Å². The number of phenols is 2. The fourth-order valence-electron chi connectivity index (χ4n) is 2.80. The summed E-state index contributed by atoms with van der Waals surface area (Å²) in [6.07, 6.45) is 0.741. The van der Waals surface area contributed by atoms with Crippen LogP contribution in [0.2, 0.25) is 5.02 Å². The predicted molar refractivity (Wildman–Crippen MR) is 90.0 cm³/mol. The molecule has 0 aromatic heterocycles. The van der Waals surface area contributed by atoms with Crippen LogP contribution in [0.4, 0.5) is 0 Å². The quantitative estimate of drug-likeness (QED) is 0.672. The molecule has 0 amide bonds. The Morgan fingerprint density at radius 1 is 1.14 bits per heavy atom. The minimum Gasteiger partial charge on any atom is -0.504 e. The Bertz CT molecular complexity index is 634. The molecule has 2 aromatic carbocycles. The van der Waals surface area contributed by atoms with Gasteiger partial charge in [0.2, 0.25) is 0 Å². The van der Waals surface area contributed by atoms with Gasteiger partial charge in [-0.25, -0.2) is 0 Å². The van der Waals surface area contributed by atoms with Gasteiger partial charge in [-0.15, -0.1) is 17.0 Å². The second kappa shape index (κ2) is 6.69. The Hall–Kier alpha value is -1.23. The van der Waals surface area contributed by atoms with Crippen LogP contribution in [-0.4, -0.2) is 23.3 Å². The highest BCUT2D eigenvalue weighted by Gasteiger charge is 2.25. The van der Waals surface area contributed by atoms with Crippen molar-refractivity contribution in [2.24, 2.45) is 0 Å². The molecule has 0 bridgehead atoms. The minimum absolute atomic E-state index is 0. The molecule has 1 heterocycles. The van der Waals surface area contributed by atoms with Gasteiger partial charge < -0.3 is 15.5 Å². The van der Waals surface area contributed by atoms with Crippen LogP contribution in [0.15, 0.2) is 36.4 Å². The zero-order valence-electron chi connectivity index (χ0n) is 11.3. The summed E-state index contributed by atoms with van der Waals surface area (Å²) in [6.45, 7) is 1.60. The third-order valence-corrected chi connectivity index (χ3v) is 4.24. The lowest BCUT2D eigenvalue weighted by molar-refractivity contribution is 0.402. The van der Waals surface area contributed by atoms with E-state index in [2.05, 4.69) is 17.4 Å². The van der Waals surface area contributed by atoms with Crippen LogP contribution in [0.3, 0.4) is 0 Å². The summed E-state index contributed by atoms with van der Waals surface area (Å²) in [4.78, 5) is 0. The van der Waals surface area contributed by atoms with Crippen LogP contribution in [0.1, 0.15) is 22.6 Å². The van der Waals surface area contributed by atoms with Crippen LogP contribution >= 0.6 is 28.6 Å². The second-order valence-corrected chi connectivity index (χ2v) is 5.42. The van der Waals surface area contributed by atoms with Gasteiger partial charge in [0.15, 0.2) is 11.5 Å². The smallest absolute Gasteiger partial charge is 0.176 e. The van der Waals surface area contributed by atoms with Gasteiger partial charge in [-0.05, 0) is 35.7 Å². The molecule has 0 saturated heterocycles. The van der Waals surface area contributed by atoms with Gasteiger partial charge >= 0.3 is 0 Å². The van der Waals surface area contributed by atoms with Crippen LogP contribution in [0.5, 0.6) is 11.5 Å². The van der Waals surface area contributed by atoms with Crippen molar-refractivity contribution in [3.63, 3.8) is 0 Å². The van der Waals surface area contributed by atoms with E-state index in [0.29, 0.717) is 0 Å². The molecule has 0 aliphatic carbocycles. The van der Waals surface area contributed by atoms with Crippen LogP contribution in [0.25, 0.3) is 0 Å². The third-order valence-electron chi connectivity index (χ3n) is 3.83. The molecule has 3 nitrogen and oxygen atoms in total. The van der Waals surface area contributed by atoms with E-state index in [1.165, 1.54) is 5.56 Å². The lowest BCUT2D eigenvalue weighted by atomic mass is 9.87. The summed E-state index contributed by atoms with van der Waals surface area (Å²) in [5, 5.41) is 23.3. The van der Waals surface area contributed by atoms with Crippen molar-refractivity contribution in [1.82, 2.24) is 5.32 Å². The number of hydrogen-bond donors (Lipinski definition) is 3. The molecule has 2 aromatic rings. The molecule has 1 aliphatic heterocycles. The van der Waals surface area contributed by atoms with Gasteiger partial charge in [-0.2, -0.15) is 0 Å². The van der Waals surface area contributed by atoms with Crippen molar-refractivity contribution in [3.8, 4) is 11.5 Å². The molecular weight excluding hydrogens is 354 g/mol. The molecule has 21 heavy (non-hydrogen) atoms. The predicted octanol–water partition coefficient (Wildman–Crippen LogP) is 3.61. The number of phenolic OH excluding ortho intramolecular Hbond substituents is 2. The van der Waals surface area contributed by atoms with Crippen molar-refractivity contribution < 1.29 is 10.2 Å². The summed E-state index contributed by atoms with van der Waals surface area (Å²) in [7, 11) is 0. The van der Waals surface area contributed by atoms with Gasteiger partial charge in [-0.1, -0.05) is 41.9 Å². The highest BCUT2D eigenvalue weighted by atomic mass is 79.9. The van der Waals surface area contributed by atoms with Crippen LogP contribution in [-0.2, 0) is 6.42 Å². The maximum absolute atomic E-state index is 9.86. The molecule has 3 rings (SSSR count). The maximum atomic E-state index is 9.86. The van der Waals surface area contributed by atoms with E-state index in [0.717, 1.165) is 30.6 Å². The zero-order valence-corrected chi connectivity index (χ0v) is 13.8. The first kappa shape index (κ1) is 16.1. The molecule has 1 unspecified atom stereocenters. The van der Waals surface area contributed by atoms with Crippen LogP contribution in [0, 0.1) is 0 Å². The minimum atomic E-state index is -0.223. The average Bonchev–Trinajstić information content (AvgIpc) is 2.68. The topological polar surface area (TPSA) is 52.5 Å². The molecule has 112 valence electrons. The molecule has 0 saturated carbocycles. The lowest BCUT2D eigenvalue weighted by Gasteiger charge is -2.20. The molecule has 5 heteroatoms. The van der Waals surface area contributed by atoms with E-state index in [1.807, 2.05) is 18.2 Å². The summed E-state index contributed by atoms with van der Waals surface area (Å²) in [5.74, 6) is -0.256. The molecular formula is C16H17BrClNO2. The van der Waals surface area contributed by atoms with E-state index < -0.39 is 0 Å². The Kier molecular flexibility index (Phi) is 5.14. The summed E-state index contributed by atoms with van der Waals surface area (Å²) < 4.78 is 0. The van der Waals surface area contributed by atoms with E-state index >= 15 is 0 Å². The van der Waals surface area contributed by atoms with Crippen LogP contribution < -0.4 is 5.32 Å². The van der Waals surface area contributed by atoms with Gasteiger partial charge in [0.05, 0.1) is 5.02 Å². The number of hydrogen-bond acceptors (Lipinski definition) is 3. The van der Waals surface area contributed by atoms with E-state index in [9.17, 15) is 10.2 Å². The maximum Gasteiger partial charge on any atom is 0.176 e. The van der Waals surface area contributed by atoms with Crippen molar-refractivity contribution in [2.45, 2.75) is 12.3 Å². The summed E-state index contributed by atoms with van der Waals surface area (Å²) in [5.41, 5.74) is 3.08. The Labute approximate surface area is 139 Å². The first-order valence-corrected chi connectivity index (χ1v) is 7.05. The first-order valence-electron chi connectivity index (χ1n) is 6.67. The Morgan fingerprint density at radius 2 is 1.86 bits per heavy atom. The normalized spacial score (nSPS) is 17.5. The fraction of sp³-hybridized carbons (Fsp3) is 0.250. The summed E-state index contributed by atoms with van der Waals surface area (Å²) in [6, 6.07) is 11.8. The molecule has 0 spiro atoms. The monoisotopic (exact) mass is 369 g/mol. The van der Waals surface area contributed by atoms with Gasteiger partial charge in [0, 0.05) is 12.5 Å². The Morgan fingerprint density at radius 3 is 2.57 bits per heavy atom. The van der Waals surface area contributed by atoms with Crippen molar-refractivity contribution in [3.05, 3.63) is 58.1 Å². The molecule has 0 radical (unpaired) electrons. The second-order valence-electron chi connectivity index (χ2n) is 5.04.